The Balaban J connectivity index is 1.23. The van der Waals surface area contributed by atoms with Crippen LogP contribution in [0.5, 0.6) is 0 Å². The number of piperazine rings is 1. The van der Waals surface area contributed by atoms with E-state index in [9.17, 15) is 4.79 Å². The van der Waals surface area contributed by atoms with E-state index in [2.05, 4.69) is 25.4 Å². The second-order valence-corrected chi connectivity index (χ2v) is 8.38. The molecule has 0 spiro atoms. The quantitative estimate of drug-likeness (QED) is 0.630. The predicted octanol–water partition coefficient (Wildman–Crippen LogP) is 2.84. The van der Waals surface area contributed by atoms with Gasteiger partial charge in [-0.3, -0.25) is 9.69 Å². The minimum Gasteiger partial charge on any atom is -0.340 e. The summed E-state index contributed by atoms with van der Waals surface area (Å²) in [6.45, 7) is 6.16. The van der Waals surface area contributed by atoms with E-state index < -0.39 is 0 Å². The number of thiophene rings is 1. The second kappa shape index (κ2) is 8.28. The number of hydrogen-bond donors (Lipinski definition) is 0. The molecule has 1 fully saturated rings. The van der Waals surface area contributed by atoms with Crippen molar-refractivity contribution in [2.24, 2.45) is 0 Å². The Morgan fingerprint density at radius 2 is 2.07 bits per heavy atom. The molecule has 0 unspecified atom stereocenters. The van der Waals surface area contributed by atoms with E-state index >= 15 is 0 Å². The van der Waals surface area contributed by atoms with Gasteiger partial charge in [0, 0.05) is 61.9 Å². The molecule has 4 heterocycles. The van der Waals surface area contributed by atoms with Crippen LogP contribution in [0.25, 0.3) is 11.4 Å². The summed E-state index contributed by atoms with van der Waals surface area (Å²) in [5.41, 5.74) is 2.07. The lowest BCUT2D eigenvalue weighted by Crippen LogP contribution is -2.48. The van der Waals surface area contributed by atoms with Gasteiger partial charge in [-0.15, -0.1) is 11.3 Å². The molecule has 1 saturated heterocycles. The van der Waals surface area contributed by atoms with Crippen LogP contribution in [0.4, 0.5) is 0 Å². The molecule has 27 heavy (non-hydrogen) atoms. The van der Waals surface area contributed by atoms with Crippen molar-refractivity contribution in [2.45, 2.75) is 26.3 Å². The van der Waals surface area contributed by atoms with E-state index in [1.165, 1.54) is 0 Å². The van der Waals surface area contributed by atoms with Crippen molar-refractivity contribution in [1.82, 2.24) is 24.9 Å². The summed E-state index contributed by atoms with van der Waals surface area (Å²) in [5.74, 6) is 1.25. The molecule has 0 atom stereocenters. The molecule has 1 aliphatic heterocycles. The Morgan fingerprint density at radius 1 is 1.22 bits per heavy atom. The van der Waals surface area contributed by atoms with Crippen molar-refractivity contribution < 1.29 is 9.32 Å². The maximum atomic E-state index is 12.5. The van der Waals surface area contributed by atoms with Crippen molar-refractivity contribution in [3.8, 4) is 11.4 Å². The molecule has 0 aromatic carbocycles. The Hall–Kier alpha value is -2.10. The number of nitrogens with zero attached hydrogens (tertiary/aromatic N) is 5. The molecule has 142 valence electrons. The van der Waals surface area contributed by atoms with E-state index in [1.807, 2.05) is 28.7 Å². The monoisotopic (exact) mass is 403 g/mol. The van der Waals surface area contributed by atoms with Gasteiger partial charge in [-0.1, -0.05) is 5.16 Å². The van der Waals surface area contributed by atoms with Crippen molar-refractivity contribution in [3.05, 3.63) is 38.8 Å². The van der Waals surface area contributed by atoms with Crippen LogP contribution in [-0.4, -0.2) is 57.0 Å². The molecule has 0 radical (unpaired) electrons. The lowest BCUT2D eigenvalue weighted by molar-refractivity contribution is -0.133. The number of aryl methyl sites for hydroxylation is 2. The van der Waals surface area contributed by atoms with Gasteiger partial charge in [0.15, 0.2) is 0 Å². The molecular weight excluding hydrogens is 382 g/mol. The normalized spacial score (nSPS) is 15.4. The molecular formula is C18H21N5O2S2. The molecule has 4 rings (SSSR count). The number of carbonyl (C=O) groups excluding carboxylic acids is 1. The molecule has 7 nitrogen and oxygen atoms in total. The van der Waals surface area contributed by atoms with Gasteiger partial charge in [-0.25, -0.2) is 4.98 Å². The molecule has 0 bridgehead atoms. The zero-order valence-electron chi connectivity index (χ0n) is 15.1. The minimum absolute atomic E-state index is 0.148. The Morgan fingerprint density at radius 3 is 2.78 bits per heavy atom. The molecule has 9 heteroatoms. The molecule has 1 aliphatic rings. The summed E-state index contributed by atoms with van der Waals surface area (Å²) in [7, 11) is 0. The number of aromatic nitrogens is 3. The fraction of sp³-hybridized carbons (Fsp3) is 0.444. The van der Waals surface area contributed by atoms with Crippen LogP contribution in [0.3, 0.4) is 0 Å². The highest BCUT2D eigenvalue weighted by atomic mass is 32.1. The van der Waals surface area contributed by atoms with Crippen LogP contribution in [0.15, 0.2) is 26.7 Å². The first-order valence-electron chi connectivity index (χ1n) is 8.93. The zero-order valence-corrected chi connectivity index (χ0v) is 16.8. The van der Waals surface area contributed by atoms with Gasteiger partial charge in [0.25, 0.3) is 0 Å². The SMILES string of the molecule is Cc1nc(CN2CCN(C(=O)CCc3nc(-c4ccsc4)no3)CC2)cs1. The van der Waals surface area contributed by atoms with Crippen LogP contribution < -0.4 is 0 Å². The van der Waals surface area contributed by atoms with Gasteiger partial charge in [-0.05, 0) is 18.4 Å². The molecule has 3 aromatic heterocycles. The highest BCUT2D eigenvalue weighted by Crippen LogP contribution is 2.19. The molecule has 0 saturated carbocycles. The largest absolute Gasteiger partial charge is 0.340 e. The first-order valence-corrected chi connectivity index (χ1v) is 10.8. The van der Waals surface area contributed by atoms with E-state index in [-0.39, 0.29) is 5.91 Å². The van der Waals surface area contributed by atoms with Gasteiger partial charge < -0.3 is 9.42 Å². The molecule has 0 N–H and O–H groups in total. The van der Waals surface area contributed by atoms with Crippen molar-refractivity contribution >= 4 is 28.6 Å². The van der Waals surface area contributed by atoms with E-state index in [0.29, 0.717) is 24.6 Å². The van der Waals surface area contributed by atoms with Crippen LogP contribution in [0.2, 0.25) is 0 Å². The maximum absolute atomic E-state index is 12.5. The van der Waals surface area contributed by atoms with Gasteiger partial charge in [-0.2, -0.15) is 16.3 Å². The smallest absolute Gasteiger partial charge is 0.227 e. The summed E-state index contributed by atoms with van der Waals surface area (Å²) in [4.78, 5) is 25.7. The average Bonchev–Trinajstić information content (AvgIpc) is 3.42. The number of amides is 1. The lowest BCUT2D eigenvalue weighted by Gasteiger charge is -2.34. The van der Waals surface area contributed by atoms with Gasteiger partial charge in [0.2, 0.25) is 17.6 Å². The summed E-state index contributed by atoms with van der Waals surface area (Å²) >= 11 is 3.27. The summed E-state index contributed by atoms with van der Waals surface area (Å²) in [6, 6.07) is 1.96. The molecule has 1 amide bonds. The third-order valence-electron chi connectivity index (χ3n) is 4.58. The van der Waals surface area contributed by atoms with Gasteiger partial charge in [0.05, 0.1) is 10.7 Å². The third-order valence-corrected chi connectivity index (χ3v) is 6.08. The maximum Gasteiger partial charge on any atom is 0.227 e. The highest BCUT2D eigenvalue weighted by Gasteiger charge is 2.22. The van der Waals surface area contributed by atoms with Crippen LogP contribution >= 0.6 is 22.7 Å². The van der Waals surface area contributed by atoms with Crippen molar-refractivity contribution in [1.29, 1.82) is 0 Å². The fourth-order valence-electron chi connectivity index (χ4n) is 3.10. The number of hydrogen-bond acceptors (Lipinski definition) is 8. The molecule has 0 aliphatic carbocycles. The average molecular weight is 404 g/mol. The van der Waals surface area contributed by atoms with E-state index in [0.717, 1.165) is 49.0 Å². The third kappa shape index (κ3) is 4.60. The highest BCUT2D eigenvalue weighted by molar-refractivity contribution is 7.09. The predicted molar refractivity (Wildman–Crippen MR) is 105 cm³/mol. The number of rotatable bonds is 6. The van der Waals surface area contributed by atoms with Crippen molar-refractivity contribution in [2.75, 3.05) is 26.2 Å². The fourth-order valence-corrected chi connectivity index (χ4v) is 4.34. The summed E-state index contributed by atoms with van der Waals surface area (Å²) in [6.07, 6.45) is 0.880. The Labute approximate surface area is 165 Å². The number of carbonyl (C=O) groups is 1. The minimum atomic E-state index is 0.148. The number of thiazole rings is 1. The lowest BCUT2D eigenvalue weighted by atomic mass is 10.2. The van der Waals surface area contributed by atoms with E-state index in [1.54, 1.807) is 22.7 Å². The van der Waals surface area contributed by atoms with Gasteiger partial charge >= 0.3 is 0 Å². The Bertz CT molecular complexity index is 881. The van der Waals surface area contributed by atoms with Crippen molar-refractivity contribution in [3.63, 3.8) is 0 Å². The standard InChI is InChI=1S/C18H21N5O2S2/c1-13-19-15(12-27-13)10-22-5-7-23(8-6-22)17(24)3-2-16-20-18(21-25-16)14-4-9-26-11-14/h4,9,11-12H,2-3,5-8,10H2,1H3. The zero-order chi connectivity index (χ0) is 18.6. The van der Waals surface area contributed by atoms with Crippen LogP contribution in [0, 0.1) is 6.92 Å². The second-order valence-electron chi connectivity index (χ2n) is 6.54. The Kier molecular flexibility index (Phi) is 5.61. The molecule has 3 aromatic rings. The first kappa shape index (κ1) is 18.3. The topological polar surface area (TPSA) is 75.4 Å². The summed E-state index contributed by atoms with van der Waals surface area (Å²) in [5, 5.41) is 11.2. The first-order chi connectivity index (χ1) is 13.2. The van der Waals surface area contributed by atoms with E-state index in [4.69, 9.17) is 4.52 Å². The van der Waals surface area contributed by atoms with Crippen LogP contribution in [-0.2, 0) is 17.8 Å². The summed E-state index contributed by atoms with van der Waals surface area (Å²) < 4.78 is 5.27. The van der Waals surface area contributed by atoms with Crippen LogP contribution in [0.1, 0.15) is 23.0 Å². The van der Waals surface area contributed by atoms with Gasteiger partial charge in [0.1, 0.15) is 0 Å².